The minimum Gasteiger partial charge on any atom is -0.491 e. The summed E-state index contributed by atoms with van der Waals surface area (Å²) >= 11 is 1.89. The topological polar surface area (TPSA) is 42.0 Å². The fourth-order valence-corrected chi connectivity index (χ4v) is 4.12. The number of carbonyl (C=O) groups is 1. The number of nitrogens with zero attached hydrogens (tertiary/aromatic N) is 2. The maximum Gasteiger partial charge on any atom is 0.248 e. The summed E-state index contributed by atoms with van der Waals surface area (Å²) in [7, 11) is 0. The molecule has 1 unspecified atom stereocenters. The number of hydrogen-bond donors (Lipinski definition) is 0. The molecule has 0 N–H and O–H groups in total. The quantitative estimate of drug-likeness (QED) is 0.632. The predicted octanol–water partition coefficient (Wildman–Crippen LogP) is 2.65. The van der Waals surface area contributed by atoms with Crippen LogP contribution < -0.4 is 4.74 Å². The zero-order valence-electron chi connectivity index (χ0n) is 15.9. The van der Waals surface area contributed by atoms with Crippen LogP contribution >= 0.6 is 11.8 Å². The lowest BCUT2D eigenvalue weighted by Gasteiger charge is -2.42. The van der Waals surface area contributed by atoms with E-state index in [9.17, 15) is 9.18 Å². The number of thioether (sulfide) groups is 1. The summed E-state index contributed by atoms with van der Waals surface area (Å²) in [4.78, 5) is 16.8. The van der Waals surface area contributed by atoms with Gasteiger partial charge >= 0.3 is 0 Å². The maximum atomic E-state index is 13.0. The summed E-state index contributed by atoms with van der Waals surface area (Å²) in [5.74, 6) is 1.61. The van der Waals surface area contributed by atoms with Crippen molar-refractivity contribution in [1.29, 1.82) is 0 Å². The van der Waals surface area contributed by atoms with Crippen LogP contribution in [0.2, 0.25) is 0 Å². The number of benzene rings is 1. The summed E-state index contributed by atoms with van der Waals surface area (Å²) in [6.45, 7) is 4.31. The Labute approximate surface area is 165 Å². The molecule has 0 spiro atoms. The van der Waals surface area contributed by atoms with Gasteiger partial charge in [0, 0.05) is 19.1 Å². The van der Waals surface area contributed by atoms with Gasteiger partial charge in [-0.1, -0.05) is 0 Å². The second-order valence-electron chi connectivity index (χ2n) is 7.16. The van der Waals surface area contributed by atoms with Gasteiger partial charge in [-0.3, -0.25) is 4.79 Å². The van der Waals surface area contributed by atoms with Crippen LogP contribution in [0.4, 0.5) is 4.39 Å². The van der Waals surface area contributed by atoms with Crippen LogP contribution in [0.1, 0.15) is 19.3 Å². The van der Waals surface area contributed by atoms with Gasteiger partial charge in [0.2, 0.25) is 5.91 Å². The monoisotopic (exact) mass is 396 g/mol. The second-order valence-corrected chi connectivity index (χ2v) is 8.15. The van der Waals surface area contributed by atoms with Crippen molar-refractivity contribution in [3.8, 4) is 5.75 Å². The number of likely N-dealkylation sites (tertiary alicyclic amines) is 1. The molecule has 0 radical (unpaired) electrons. The minimum absolute atomic E-state index is 0.0777. The Morgan fingerprint density at radius 3 is 2.70 bits per heavy atom. The summed E-state index contributed by atoms with van der Waals surface area (Å²) in [6.07, 6.45) is 5.28. The van der Waals surface area contributed by atoms with E-state index in [1.54, 1.807) is 12.1 Å². The second kappa shape index (κ2) is 10.3. The van der Waals surface area contributed by atoms with Crippen molar-refractivity contribution in [2.45, 2.75) is 31.4 Å². The molecular weight excluding hydrogens is 367 g/mol. The fourth-order valence-electron chi connectivity index (χ4n) is 3.71. The first-order valence-electron chi connectivity index (χ1n) is 9.66. The molecule has 1 atom stereocenters. The van der Waals surface area contributed by atoms with Crippen molar-refractivity contribution in [2.24, 2.45) is 0 Å². The van der Waals surface area contributed by atoms with Gasteiger partial charge in [0.1, 0.15) is 30.9 Å². The average molecular weight is 397 g/mol. The summed E-state index contributed by atoms with van der Waals surface area (Å²) in [5.41, 5.74) is 0. The highest BCUT2D eigenvalue weighted by Gasteiger charge is 2.33. The highest BCUT2D eigenvalue weighted by atomic mass is 32.2. The molecular formula is C20H29FN2O3S. The van der Waals surface area contributed by atoms with Crippen LogP contribution in [0, 0.1) is 5.82 Å². The molecule has 3 rings (SSSR count). The average Bonchev–Trinajstić information content (AvgIpc) is 2.69. The van der Waals surface area contributed by atoms with Crippen molar-refractivity contribution >= 4 is 17.7 Å². The number of ether oxygens (including phenoxy) is 2. The largest absolute Gasteiger partial charge is 0.491 e. The fraction of sp³-hybridized carbons (Fsp3) is 0.650. The SMILES string of the molecule is CSCCCN1CCC(N2CC(COc3ccc(F)cc3)OCC2=O)CC1. The lowest BCUT2D eigenvalue weighted by atomic mass is 10.0. The van der Waals surface area contributed by atoms with E-state index >= 15 is 0 Å². The van der Waals surface area contributed by atoms with Gasteiger partial charge in [0.25, 0.3) is 0 Å². The van der Waals surface area contributed by atoms with Crippen LogP contribution in [-0.2, 0) is 9.53 Å². The van der Waals surface area contributed by atoms with E-state index in [1.165, 1.54) is 24.3 Å². The van der Waals surface area contributed by atoms with Gasteiger partial charge in [0.15, 0.2) is 0 Å². The molecule has 2 aliphatic heterocycles. The Morgan fingerprint density at radius 1 is 1.26 bits per heavy atom. The first-order chi connectivity index (χ1) is 13.2. The first kappa shape index (κ1) is 20.4. The molecule has 0 aliphatic carbocycles. The Morgan fingerprint density at radius 2 is 2.00 bits per heavy atom. The van der Waals surface area contributed by atoms with Crippen molar-refractivity contribution in [1.82, 2.24) is 9.80 Å². The van der Waals surface area contributed by atoms with Gasteiger partial charge in [0.05, 0.1) is 6.54 Å². The standard InChI is InChI=1S/C20H29FN2O3S/c1-27-12-2-9-22-10-7-17(8-11-22)23-13-19(26-15-20(23)24)14-25-18-5-3-16(21)4-6-18/h3-6,17,19H,2,7-15H2,1H3. The minimum atomic E-state index is -0.284. The highest BCUT2D eigenvalue weighted by molar-refractivity contribution is 7.98. The van der Waals surface area contributed by atoms with E-state index < -0.39 is 0 Å². The van der Waals surface area contributed by atoms with E-state index in [4.69, 9.17) is 9.47 Å². The highest BCUT2D eigenvalue weighted by Crippen LogP contribution is 2.21. The van der Waals surface area contributed by atoms with Gasteiger partial charge in [-0.05, 0) is 62.1 Å². The molecule has 0 aromatic heterocycles. The summed E-state index contributed by atoms with van der Waals surface area (Å²) < 4.78 is 24.3. The van der Waals surface area contributed by atoms with Crippen LogP contribution in [0.3, 0.4) is 0 Å². The molecule has 150 valence electrons. The molecule has 1 aromatic carbocycles. The van der Waals surface area contributed by atoms with E-state index in [-0.39, 0.29) is 24.4 Å². The number of piperidine rings is 1. The molecule has 5 nitrogen and oxygen atoms in total. The number of hydrogen-bond acceptors (Lipinski definition) is 5. The van der Waals surface area contributed by atoms with Crippen LogP contribution in [0.25, 0.3) is 0 Å². The molecule has 2 aliphatic rings. The molecule has 1 amide bonds. The lowest BCUT2D eigenvalue weighted by molar-refractivity contribution is -0.155. The normalized spacial score (nSPS) is 22.2. The summed E-state index contributed by atoms with van der Waals surface area (Å²) in [5, 5.41) is 0. The Hall–Kier alpha value is -1.31. The molecule has 2 fully saturated rings. The van der Waals surface area contributed by atoms with Gasteiger partial charge in [-0.15, -0.1) is 0 Å². The van der Waals surface area contributed by atoms with Crippen LogP contribution in [0.5, 0.6) is 5.75 Å². The van der Waals surface area contributed by atoms with Crippen molar-refractivity contribution < 1.29 is 18.7 Å². The number of amides is 1. The molecule has 7 heteroatoms. The molecule has 0 saturated carbocycles. The van der Waals surface area contributed by atoms with E-state index in [0.29, 0.717) is 24.9 Å². The number of carbonyl (C=O) groups excluding carboxylic acids is 1. The van der Waals surface area contributed by atoms with E-state index in [0.717, 1.165) is 32.5 Å². The summed E-state index contributed by atoms with van der Waals surface area (Å²) in [6, 6.07) is 6.26. The Bertz CT molecular complexity index is 593. The molecule has 2 heterocycles. The predicted molar refractivity (Wildman–Crippen MR) is 106 cm³/mol. The Kier molecular flexibility index (Phi) is 7.79. The third-order valence-corrected chi connectivity index (χ3v) is 5.93. The van der Waals surface area contributed by atoms with Crippen molar-refractivity contribution in [3.05, 3.63) is 30.1 Å². The third-order valence-electron chi connectivity index (χ3n) is 5.23. The third kappa shape index (κ3) is 6.09. The molecule has 2 saturated heterocycles. The number of morpholine rings is 1. The number of rotatable bonds is 8. The van der Waals surface area contributed by atoms with Crippen molar-refractivity contribution in [2.75, 3.05) is 51.4 Å². The zero-order chi connectivity index (χ0) is 19.1. The van der Waals surface area contributed by atoms with Crippen molar-refractivity contribution in [3.63, 3.8) is 0 Å². The zero-order valence-corrected chi connectivity index (χ0v) is 16.8. The van der Waals surface area contributed by atoms with E-state index in [1.807, 2.05) is 16.7 Å². The number of halogens is 1. The van der Waals surface area contributed by atoms with Gasteiger partial charge < -0.3 is 19.3 Å². The van der Waals surface area contributed by atoms with Crippen LogP contribution in [0.15, 0.2) is 24.3 Å². The smallest absolute Gasteiger partial charge is 0.248 e. The molecule has 27 heavy (non-hydrogen) atoms. The maximum absolute atomic E-state index is 13.0. The lowest BCUT2D eigenvalue weighted by Crippen LogP contribution is -2.55. The molecule has 1 aromatic rings. The Balaban J connectivity index is 1.44. The molecule has 0 bridgehead atoms. The van der Waals surface area contributed by atoms with Gasteiger partial charge in [-0.2, -0.15) is 11.8 Å². The first-order valence-corrected chi connectivity index (χ1v) is 11.1. The van der Waals surface area contributed by atoms with Crippen LogP contribution in [-0.4, -0.2) is 79.3 Å². The van der Waals surface area contributed by atoms with E-state index in [2.05, 4.69) is 11.2 Å². The van der Waals surface area contributed by atoms with Gasteiger partial charge in [-0.25, -0.2) is 4.39 Å².